The van der Waals surface area contributed by atoms with Gasteiger partial charge in [-0.15, -0.1) is 0 Å². The van der Waals surface area contributed by atoms with Crippen LogP contribution in [0.25, 0.3) is 22.3 Å². The third-order valence-corrected chi connectivity index (χ3v) is 4.76. The lowest BCUT2D eigenvalue weighted by atomic mass is 10.0. The van der Waals surface area contributed by atoms with E-state index in [0.717, 1.165) is 28.0 Å². The highest BCUT2D eigenvalue weighted by Gasteiger charge is 2.12. The molecule has 4 nitrogen and oxygen atoms in total. The van der Waals surface area contributed by atoms with Gasteiger partial charge >= 0.3 is 0 Å². The summed E-state index contributed by atoms with van der Waals surface area (Å²) in [4.78, 5) is 8.74. The molecule has 0 aliphatic rings. The quantitative estimate of drug-likeness (QED) is 0.519. The van der Waals surface area contributed by atoms with Crippen LogP contribution in [0.2, 0.25) is 5.02 Å². The molecule has 0 aliphatic heterocycles. The van der Waals surface area contributed by atoms with E-state index >= 15 is 0 Å². The van der Waals surface area contributed by atoms with Crippen LogP contribution < -0.4 is 0 Å². The van der Waals surface area contributed by atoms with E-state index in [1.165, 1.54) is 0 Å². The molecule has 0 saturated heterocycles. The predicted molar refractivity (Wildman–Crippen MR) is 103 cm³/mol. The number of halogens is 1. The maximum atomic E-state index is 9.00. The third-order valence-electron chi connectivity index (χ3n) is 4.41. The maximum absolute atomic E-state index is 9.00. The van der Waals surface area contributed by atoms with Crippen molar-refractivity contribution < 1.29 is 0 Å². The van der Waals surface area contributed by atoms with Crippen LogP contribution in [0.1, 0.15) is 17.1 Å². The van der Waals surface area contributed by atoms with Crippen LogP contribution >= 0.6 is 11.6 Å². The van der Waals surface area contributed by atoms with Gasteiger partial charge in [-0.05, 0) is 41.8 Å². The summed E-state index contributed by atoms with van der Waals surface area (Å²) < 4.78 is 2.06. The Labute approximate surface area is 156 Å². The van der Waals surface area contributed by atoms with Gasteiger partial charge in [0, 0.05) is 5.02 Å². The zero-order valence-electron chi connectivity index (χ0n) is 14.1. The summed E-state index contributed by atoms with van der Waals surface area (Å²) in [5.74, 6) is 0.839. The highest BCUT2D eigenvalue weighted by Crippen LogP contribution is 2.27. The van der Waals surface area contributed by atoms with Crippen LogP contribution in [0.3, 0.4) is 0 Å². The molecule has 2 aromatic carbocycles. The van der Waals surface area contributed by atoms with Gasteiger partial charge in [-0.25, -0.2) is 9.97 Å². The summed E-state index contributed by atoms with van der Waals surface area (Å²) >= 11 is 6.55. The van der Waals surface area contributed by atoms with Crippen molar-refractivity contribution in [3.63, 3.8) is 0 Å². The number of imidazole rings is 1. The van der Waals surface area contributed by atoms with Gasteiger partial charge < -0.3 is 4.57 Å². The van der Waals surface area contributed by atoms with Gasteiger partial charge in [-0.3, -0.25) is 0 Å². The maximum Gasteiger partial charge on any atom is 0.179 e. The summed E-state index contributed by atoms with van der Waals surface area (Å²) in [5, 5.41) is 9.72. The van der Waals surface area contributed by atoms with Crippen molar-refractivity contribution in [1.82, 2.24) is 14.5 Å². The second kappa shape index (κ2) is 6.62. The molecule has 0 amide bonds. The fourth-order valence-corrected chi connectivity index (χ4v) is 3.28. The van der Waals surface area contributed by atoms with E-state index < -0.39 is 0 Å². The van der Waals surface area contributed by atoms with Gasteiger partial charge in [0.2, 0.25) is 0 Å². The molecular formula is C21H15ClN4. The van der Waals surface area contributed by atoms with Crippen LogP contribution in [0.15, 0.2) is 60.7 Å². The first-order chi connectivity index (χ1) is 12.7. The van der Waals surface area contributed by atoms with E-state index in [1.807, 2.05) is 49.4 Å². The number of nitriles is 1. The molecule has 0 bridgehead atoms. The monoisotopic (exact) mass is 358 g/mol. The number of pyridine rings is 1. The van der Waals surface area contributed by atoms with E-state index in [4.69, 9.17) is 16.9 Å². The molecule has 26 heavy (non-hydrogen) atoms. The van der Waals surface area contributed by atoms with Crippen molar-refractivity contribution >= 4 is 22.8 Å². The summed E-state index contributed by atoms with van der Waals surface area (Å²) in [6.45, 7) is 2.53. The van der Waals surface area contributed by atoms with E-state index in [9.17, 15) is 0 Å². The minimum absolute atomic E-state index is 0.368. The van der Waals surface area contributed by atoms with Gasteiger partial charge in [0.05, 0.1) is 12.1 Å². The first-order valence-electron chi connectivity index (χ1n) is 8.23. The van der Waals surface area contributed by atoms with E-state index in [0.29, 0.717) is 22.9 Å². The number of hydrogen-bond donors (Lipinski definition) is 0. The molecule has 0 radical (unpaired) electrons. The Kier molecular flexibility index (Phi) is 4.16. The number of rotatable bonds is 3. The lowest BCUT2D eigenvalue weighted by molar-refractivity contribution is 0.786. The molecule has 0 saturated carbocycles. The molecule has 126 valence electrons. The van der Waals surface area contributed by atoms with Gasteiger partial charge in [-0.2, -0.15) is 5.26 Å². The lowest BCUT2D eigenvalue weighted by Gasteiger charge is -2.10. The summed E-state index contributed by atoms with van der Waals surface area (Å²) in [5.41, 5.74) is 5.08. The average Bonchev–Trinajstić information content (AvgIpc) is 2.98. The van der Waals surface area contributed by atoms with Crippen LogP contribution in [0.4, 0.5) is 0 Å². The molecule has 2 heterocycles. The minimum Gasteiger partial charge on any atom is -0.322 e. The Morgan fingerprint density at radius 2 is 1.81 bits per heavy atom. The number of fused-ring (bicyclic) bond motifs is 1. The van der Waals surface area contributed by atoms with Crippen molar-refractivity contribution in [3.05, 3.63) is 82.8 Å². The highest BCUT2D eigenvalue weighted by molar-refractivity contribution is 6.31. The normalized spacial score (nSPS) is 10.8. The van der Waals surface area contributed by atoms with E-state index in [-0.39, 0.29) is 0 Å². The van der Waals surface area contributed by atoms with Crippen LogP contribution in [-0.2, 0) is 6.54 Å². The van der Waals surface area contributed by atoms with Gasteiger partial charge in [-0.1, -0.05) is 54.1 Å². The Hall–Kier alpha value is -3.16. The molecule has 0 unspecified atom stereocenters. The lowest BCUT2D eigenvalue weighted by Crippen LogP contribution is -2.03. The van der Waals surface area contributed by atoms with E-state index in [2.05, 4.69) is 32.7 Å². The van der Waals surface area contributed by atoms with Crippen LogP contribution in [0.5, 0.6) is 0 Å². The van der Waals surface area contributed by atoms with Crippen molar-refractivity contribution in [2.75, 3.05) is 0 Å². The minimum atomic E-state index is 0.368. The predicted octanol–water partition coefficient (Wildman–Crippen LogP) is 4.98. The van der Waals surface area contributed by atoms with Crippen molar-refractivity contribution in [3.8, 4) is 17.2 Å². The summed E-state index contributed by atoms with van der Waals surface area (Å²) in [6, 6.07) is 21.9. The standard InChI is InChI=1S/C21H15ClN4/c1-14-24-21-20(10-9-18(12-23)25-21)26(14)13-17-8-7-16(11-19(17)22)15-5-3-2-4-6-15/h2-11H,13H2,1H3. The Balaban J connectivity index is 1.71. The fraction of sp³-hybridized carbons (Fsp3) is 0.0952. The van der Waals surface area contributed by atoms with Crippen molar-refractivity contribution in [2.45, 2.75) is 13.5 Å². The van der Waals surface area contributed by atoms with Gasteiger partial charge in [0.1, 0.15) is 17.6 Å². The Morgan fingerprint density at radius 1 is 1.00 bits per heavy atom. The average molecular weight is 359 g/mol. The number of nitrogens with zero attached hydrogens (tertiary/aromatic N) is 4. The zero-order valence-corrected chi connectivity index (χ0v) is 14.9. The molecule has 4 aromatic rings. The van der Waals surface area contributed by atoms with Gasteiger partial charge in [0.25, 0.3) is 0 Å². The Morgan fingerprint density at radius 3 is 2.54 bits per heavy atom. The molecule has 2 aromatic heterocycles. The molecule has 0 spiro atoms. The summed E-state index contributed by atoms with van der Waals surface area (Å²) in [6.07, 6.45) is 0. The fourth-order valence-electron chi connectivity index (χ4n) is 3.04. The number of aryl methyl sites for hydroxylation is 1. The number of hydrogen-bond acceptors (Lipinski definition) is 3. The van der Waals surface area contributed by atoms with Crippen molar-refractivity contribution in [1.29, 1.82) is 5.26 Å². The second-order valence-corrected chi connectivity index (χ2v) is 6.48. The molecule has 0 N–H and O–H groups in total. The second-order valence-electron chi connectivity index (χ2n) is 6.07. The molecule has 0 fully saturated rings. The largest absolute Gasteiger partial charge is 0.322 e. The topological polar surface area (TPSA) is 54.5 Å². The number of aromatic nitrogens is 3. The first-order valence-corrected chi connectivity index (χ1v) is 8.61. The molecule has 0 atom stereocenters. The molecule has 5 heteroatoms. The van der Waals surface area contributed by atoms with Crippen molar-refractivity contribution in [2.24, 2.45) is 0 Å². The van der Waals surface area contributed by atoms with Gasteiger partial charge in [0.15, 0.2) is 5.65 Å². The first kappa shape index (κ1) is 16.3. The third kappa shape index (κ3) is 2.94. The number of benzene rings is 2. The molecular weight excluding hydrogens is 344 g/mol. The smallest absolute Gasteiger partial charge is 0.179 e. The molecule has 0 aliphatic carbocycles. The SMILES string of the molecule is Cc1nc2nc(C#N)ccc2n1Cc1ccc(-c2ccccc2)cc1Cl. The molecule has 4 rings (SSSR count). The van der Waals surface area contributed by atoms with E-state index in [1.54, 1.807) is 6.07 Å². The zero-order chi connectivity index (χ0) is 18.1. The highest BCUT2D eigenvalue weighted by atomic mass is 35.5. The van der Waals surface area contributed by atoms with Crippen LogP contribution in [0, 0.1) is 18.3 Å². The van der Waals surface area contributed by atoms with Crippen LogP contribution in [-0.4, -0.2) is 14.5 Å². The summed E-state index contributed by atoms with van der Waals surface area (Å²) in [7, 11) is 0. The Bertz CT molecular complexity index is 1140.